The number of imide groups is 1. The zero-order valence-corrected chi connectivity index (χ0v) is 12.0. The number of nitrogens with one attached hydrogen (secondary N) is 1. The summed E-state index contributed by atoms with van der Waals surface area (Å²) in [5.74, 6) is 0.684. The fourth-order valence-electron chi connectivity index (χ4n) is 3.27. The first-order chi connectivity index (χ1) is 9.22. The summed E-state index contributed by atoms with van der Waals surface area (Å²) in [5.41, 5.74) is 0. The van der Waals surface area contributed by atoms with Gasteiger partial charge in [0, 0.05) is 25.4 Å². The quantitative estimate of drug-likeness (QED) is 0.749. The molecule has 0 aromatic carbocycles. The van der Waals surface area contributed by atoms with Gasteiger partial charge in [-0.25, -0.2) is 0 Å². The summed E-state index contributed by atoms with van der Waals surface area (Å²) in [7, 11) is 0. The predicted molar refractivity (Wildman–Crippen MR) is 74.6 cm³/mol. The van der Waals surface area contributed by atoms with Crippen LogP contribution < -0.4 is 5.32 Å². The molecule has 1 aliphatic carbocycles. The fraction of sp³-hybridized carbons (Fsp3) is 0.867. The van der Waals surface area contributed by atoms with Crippen LogP contribution >= 0.6 is 0 Å². The predicted octanol–water partition coefficient (Wildman–Crippen LogP) is 2.08. The second-order valence-electron chi connectivity index (χ2n) is 5.86. The molecule has 0 aromatic heterocycles. The van der Waals surface area contributed by atoms with E-state index in [4.69, 9.17) is 0 Å². The second-order valence-corrected chi connectivity index (χ2v) is 5.86. The minimum atomic E-state index is 0.0255. The van der Waals surface area contributed by atoms with Crippen molar-refractivity contribution >= 4 is 11.8 Å². The number of carbonyl (C=O) groups excluding carboxylic acids is 2. The van der Waals surface area contributed by atoms with Crippen LogP contribution in [-0.4, -0.2) is 35.8 Å². The van der Waals surface area contributed by atoms with E-state index in [1.165, 1.54) is 30.6 Å². The van der Waals surface area contributed by atoms with Gasteiger partial charge in [-0.3, -0.25) is 14.5 Å². The highest BCUT2D eigenvalue weighted by Crippen LogP contribution is 2.28. The molecule has 4 heteroatoms. The molecule has 0 aromatic rings. The van der Waals surface area contributed by atoms with Gasteiger partial charge in [0.1, 0.15) is 0 Å². The van der Waals surface area contributed by atoms with E-state index < -0.39 is 0 Å². The average Bonchev–Trinajstić information content (AvgIpc) is 2.91. The molecular weight excluding hydrogens is 240 g/mol. The number of likely N-dealkylation sites (tertiary alicyclic amines) is 1. The number of hydrogen-bond acceptors (Lipinski definition) is 3. The highest BCUT2D eigenvalue weighted by Gasteiger charge is 2.32. The van der Waals surface area contributed by atoms with E-state index in [1.54, 1.807) is 0 Å². The Kier molecular flexibility index (Phi) is 5.37. The molecule has 1 saturated carbocycles. The van der Waals surface area contributed by atoms with Gasteiger partial charge in [-0.15, -0.1) is 0 Å². The van der Waals surface area contributed by atoms with Gasteiger partial charge in [0.15, 0.2) is 0 Å². The molecule has 1 aliphatic heterocycles. The maximum Gasteiger partial charge on any atom is 0.229 e. The Morgan fingerprint density at radius 2 is 1.79 bits per heavy atom. The third kappa shape index (κ3) is 3.78. The Bertz CT molecular complexity index is 308. The van der Waals surface area contributed by atoms with Crippen LogP contribution in [-0.2, 0) is 9.59 Å². The fourth-order valence-corrected chi connectivity index (χ4v) is 3.27. The van der Waals surface area contributed by atoms with Gasteiger partial charge in [0.2, 0.25) is 11.8 Å². The normalized spacial score (nSPS) is 23.1. The highest BCUT2D eigenvalue weighted by atomic mass is 16.2. The topological polar surface area (TPSA) is 49.4 Å². The Balaban J connectivity index is 1.96. The Morgan fingerprint density at radius 1 is 1.16 bits per heavy atom. The summed E-state index contributed by atoms with van der Waals surface area (Å²) in [6.07, 6.45) is 7.94. The first-order valence-corrected chi connectivity index (χ1v) is 7.79. The maximum atomic E-state index is 11.9. The van der Waals surface area contributed by atoms with E-state index in [1.807, 2.05) is 0 Å². The molecule has 0 spiro atoms. The van der Waals surface area contributed by atoms with Crippen LogP contribution in [0.2, 0.25) is 0 Å². The van der Waals surface area contributed by atoms with E-state index in [-0.39, 0.29) is 11.8 Å². The number of rotatable bonds is 6. The van der Waals surface area contributed by atoms with Crippen molar-refractivity contribution < 1.29 is 9.59 Å². The minimum Gasteiger partial charge on any atom is -0.312 e. The molecule has 19 heavy (non-hydrogen) atoms. The lowest BCUT2D eigenvalue weighted by Gasteiger charge is -2.32. The van der Waals surface area contributed by atoms with E-state index >= 15 is 0 Å². The first kappa shape index (κ1) is 14.5. The molecular formula is C15H26N2O2. The van der Waals surface area contributed by atoms with Crippen molar-refractivity contribution in [3.8, 4) is 0 Å². The standard InChI is InChI=1S/C15H26N2O2/c1-2-10-16-13(12-6-3-4-7-12)11-17-14(18)8-5-9-15(17)19/h12-13,16H,2-11H2,1H3. The largest absolute Gasteiger partial charge is 0.312 e. The molecule has 1 atom stereocenters. The molecule has 0 radical (unpaired) electrons. The highest BCUT2D eigenvalue weighted by molar-refractivity contribution is 5.97. The lowest BCUT2D eigenvalue weighted by atomic mass is 9.96. The Hall–Kier alpha value is -0.900. The van der Waals surface area contributed by atoms with Gasteiger partial charge in [0.05, 0.1) is 0 Å². The van der Waals surface area contributed by atoms with Crippen molar-refractivity contribution in [3.63, 3.8) is 0 Å². The van der Waals surface area contributed by atoms with Gasteiger partial charge in [-0.1, -0.05) is 19.8 Å². The molecule has 108 valence electrons. The molecule has 1 N–H and O–H groups in total. The van der Waals surface area contributed by atoms with Crippen LogP contribution in [0.5, 0.6) is 0 Å². The third-order valence-corrected chi connectivity index (χ3v) is 4.39. The van der Waals surface area contributed by atoms with Crippen LogP contribution in [0.4, 0.5) is 0 Å². The number of hydrogen-bond donors (Lipinski definition) is 1. The van der Waals surface area contributed by atoms with Crippen molar-refractivity contribution in [2.75, 3.05) is 13.1 Å². The van der Waals surface area contributed by atoms with Crippen molar-refractivity contribution in [1.82, 2.24) is 10.2 Å². The molecule has 1 unspecified atom stereocenters. The SMILES string of the molecule is CCCNC(CN1C(=O)CCCC1=O)C1CCCC1. The summed E-state index contributed by atoms with van der Waals surface area (Å²) >= 11 is 0. The molecule has 2 aliphatic rings. The van der Waals surface area contributed by atoms with E-state index in [9.17, 15) is 9.59 Å². The number of amides is 2. The molecule has 2 amide bonds. The first-order valence-electron chi connectivity index (χ1n) is 7.79. The van der Waals surface area contributed by atoms with Crippen molar-refractivity contribution in [2.45, 2.75) is 64.3 Å². The minimum absolute atomic E-state index is 0.0255. The average molecular weight is 266 g/mol. The lowest BCUT2D eigenvalue weighted by Crippen LogP contribution is -2.50. The van der Waals surface area contributed by atoms with Crippen molar-refractivity contribution in [1.29, 1.82) is 0 Å². The van der Waals surface area contributed by atoms with Crippen molar-refractivity contribution in [3.05, 3.63) is 0 Å². The summed E-state index contributed by atoms with van der Waals surface area (Å²) < 4.78 is 0. The molecule has 1 heterocycles. The number of carbonyl (C=O) groups is 2. The second kappa shape index (κ2) is 7.04. The molecule has 2 fully saturated rings. The van der Waals surface area contributed by atoms with Gasteiger partial charge < -0.3 is 5.32 Å². The molecule has 0 bridgehead atoms. The van der Waals surface area contributed by atoms with E-state index in [2.05, 4.69) is 12.2 Å². The summed E-state index contributed by atoms with van der Waals surface area (Å²) in [4.78, 5) is 25.3. The third-order valence-electron chi connectivity index (χ3n) is 4.39. The number of piperidine rings is 1. The van der Waals surface area contributed by atoms with E-state index in [0.29, 0.717) is 31.3 Å². The van der Waals surface area contributed by atoms with E-state index in [0.717, 1.165) is 19.4 Å². The van der Waals surface area contributed by atoms with Crippen LogP contribution in [0, 0.1) is 5.92 Å². The summed E-state index contributed by atoms with van der Waals surface area (Å²) in [6, 6.07) is 0.299. The Labute approximate surface area is 115 Å². The zero-order chi connectivity index (χ0) is 13.7. The zero-order valence-electron chi connectivity index (χ0n) is 12.0. The smallest absolute Gasteiger partial charge is 0.229 e. The molecule has 2 rings (SSSR count). The van der Waals surface area contributed by atoms with Crippen LogP contribution in [0.15, 0.2) is 0 Å². The Morgan fingerprint density at radius 3 is 2.37 bits per heavy atom. The van der Waals surface area contributed by atoms with Gasteiger partial charge >= 0.3 is 0 Å². The van der Waals surface area contributed by atoms with Gasteiger partial charge in [0.25, 0.3) is 0 Å². The number of nitrogens with zero attached hydrogens (tertiary/aromatic N) is 1. The molecule has 1 saturated heterocycles. The van der Waals surface area contributed by atoms with Gasteiger partial charge in [-0.2, -0.15) is 0 Å². The summed E-state index contributed by atoms with van der Waals surface area (Å²) in [6.45, 7) is 3.70. The molecule has 4 nitrogen and oxygen atoms in total. The van der Waals surface area contributed by atoms with Crippen LogP contribution in [0.1, 0.15) is 58.3 Å². The van der Waals surface area contributed by atoms with Gasteiger partial charge in [-0.05, 0) is 38.1 Å². The lowest BCUT2D eigenvalue weighted by molar-refractivity contribution is -0.148. The summed E-state index contributed by atoms with van der Waals surface area (Å²) in [5, 5.41) is 3.55. The van der Waals surface area contributed by atoms with Crippen LogP contribution in [0.25, 0.3) is 0 Å². The monoisotopic (exact) mass is 266 g/mol. The maximum absolute atomic E-state index is 11.9. The van der Waals surface area contributed by atoms with Crippen molar-refractivity contribution in [2.24, 2.45) is 5.92 Å². The van der Waals surface area contributed by atoms with Crippen LogP contribution in [0.3, 0.4) is 0 Å².